The lowest BCUT2D eigenvalue weighted by Crippen LogP contribution is -2.40. The second-order valence-corrected chi connectivity index (χ2v) is 5.54. The summed E-state index contributed by atoms with van der Waals surface area (Å²) in [5.74, 6) is 1.65. The van der Waals surface area contributed by atoms with Gasteiger partial charge in [0, 0.05) is 25.0 Å². The van der Waals surface area contributed by atoms with E-state index in [1.165, 1.54) is 31.2 Å². The van der Waals surface area contributed by atoms with Crippen LogP contribution in [-0.2, 0) is 6.54 Å². The zero-order valence-corrected chi connectivity index (χ0v) is 11.0. The Labute approximate surface area is 105 Å². The summed E-state index contributed by atoms with van der Waals surface area (Å²) in [7, 11) is 0. The zero-order chi connectivity index (χ0) is 12.1. The van der Waals surface area contributed by atoms with Crippen molar-refractivity contribution in [1.29, 1.82) is 0 Å². The van der Waals surface area contributed by atoms with Crippen molar-refractivity contribution in [2.45, 2.75) is 52.1 Å². The van der Waals surface area contributed by atoms with Gasteiger partial charge in [-0.2, -0.15) is 0 Å². The molecule has 1 aliphatic carbocycles. The van der Waals surface area contributed by atoms with Crippen LogP contribution in [0, 0.1) is 11.8 Å². The first-order valence-corrected chi connectivity index (χ1v) is 6.89. The molecule has 0 spiro atoms. The van der Waals surface area contributed by atoms with Gasteiger partial charge in [-0.25, -0.2) is 0 Å². The van der Waals surface area contributed by atoms with Gasteiger partial charge in [-0.15, -0.1) is 0 Å². The SMILES string of the molecule is CC(C)C1CCCCC1NCc1ccncc1. The van der Waals surface area contributed by atoms with E-state index in [-0.39, 0.29) is 0 Å². The lowest BCUT2D eigenvalue weighted by Gasteiger charge is -2.35. The molecule has 17 heavy (non-hydrogen) atoms. The molecule has 94 valence electrons. The summed E-state index contributed by atoms with van der Waals surface area (Å²) in [4.78, 5) is 4.06. The molecule has 2 rings (SSSR count). The van der Waals surface area contributed by atoms with E-state index in [1.807, 2.05) is 12.4 Å². The molecule has 0 aliphatic heterocycles. The minimum atomic E-state index is 0.705. The summed E-state index contributed by atoms with van der Waals surface area (Å²) >= 11 is 0. The third-order valence-electron chi connectivity index (χ3n) is 3.99. The molecular formula is C15H24N2. The second kappa shape index (κ2) is 6.15. The van der Waals surface area contributed by atoms with Gasteiger partial charge in [-0.1, -0.05) is 26.7 Å². The predicted molar refractivity (Wildman–Crippen MR) is 71.7 cm³/mol. The van der Waals surface area contributed by atoms with Crippen LogP contribution in [-0.4, -0.2) is 11.0 Å². The molecule has 2 heteroatoms. The first-order chi connectivity index (χ1) is 8.27. The van der Waals surface area contributed by atoms with E-state index in [2.05, 4.69) is 36.3 Å². The Morgan fingerprint density at radius 3 is 2.65 bits per heavy atom. The van der Waals surface area contributed by atoms with E-state index in [0.29, 0.717) is 6.04 Å². The maximum atomic E-state index is 4.06. The standard InChI is InChI=1S/C15H24N2/c1-12(2)14-5-3-4-6-15(14)17-11-13-7-9-16-10-8-13/h7-10,12,14-15,17H,3-6,11H2,1-2H3. The van der Waals surface area contributed by atoms with Crippen LogP contribution in [0.5, 0.6) is 0 Å². The molecule has 1 aliphatic rings. The first kappa shape index (κ1) is 12.6. The van der Waals surface area contributed by atoms with Crippen LogP contribution in [0.1, 0.15) is 45.1 Å². The van der Waals surface area contributed by atoms with Gasteiger partial charge in [0.2, 0.25) is 0 Å². The fraction of sp³-hybridized carbons (Fsp3) is 0.667. The molecule has 0 aromatic carbocycles. The Balaban J connectivity index is 1.88. The molecule has 0 amide bonds. The quantitative estimate of drug-likeness (QED) is 0.860. The smallest absolute Gasteiger partial charge is 0.0271 e. The van der Waals surface area contributed by atoms with Gasteiger partial charge >= 0.3 is 0 Å². The third kappa shape index (κ3) is 3.53. The van der Waals surface area contributed by atoms with E-state index in [1.54, 1.807) is 0 Å². The maximum absolute atomic E-state index is 4.06. The van der Waals surface area contributed by atoms with Crippen molar-refractivity contribution in [1.82, 2.24) is 10.3 Å². The number of hydrogen-bond acceptors (Lipinski definition) is 2. The third-order valence-corrected chi connectivity index (χ3v) is 3.99. The minimum absolute atomic E-state index is 0.705. The van der Waals surface area contributed by atoms with E-state index in [4.69, 9.17) is 0 Å². The van der Waals surface area contributed by atoms with Gasteiger partial charge < -0.3 is 5.32 Å². The van der Waals surface area contributed by atoms with Crippen LogP contribution in [0.2, 0.25) is 0 Å². The average Bonchev–Trinajstić information content (AvgIpc) is 2.38. The van der Waals surface area contributed by atoms with Crippen molar-refractivity contribution in [3.8, 4) is 0 Å². The summed E-state index contributed by atoms with van der Waals surface area (Å²) in [6, 6.07) is 4.90. The summed E-state index contributed by atoms with van der Waals surface area (Å²) in [5.41, 5.74) is 1.34. The Kier molecular flexibility index (Phi) is 4.55. The summed E-state index contributed by atoms with van der Waals surface area (Å²) in [6.07, 6.45) is 9.28. The van der Waals surface area contributed by atoms with Gasteiger partial charge in [0.05, 0.1) is 0 Å². The molecule has 1 aromatic rings. The number of aromatic nitrogens is 1. The van der Waals surface area contributed by atoms with Crippen molar-refractivity contribution < 1.29 is 0 Å². The van der Waals surface area contributed by atoms with Crippen LogP contribution in [0.4, 0.5) is 0 Å². The summed E-state index contributed by atoms with van der Waals surface area (Å²) in [5, 5.41) is 3.74. The monoisotopic (exact) mass is 232 g/mol. The van der Waals surface area contributed by atoms with E-state index < -0.39 is 0 Å². The minimum Gasteiger partial charge on any atom is -0.310 e. The van der Waals surface area contributed by atoms with Crippen LogP contribution < -0.4 is 5.32 Å². The molecule has 0 bridgehead atoms. The highest BCUT2D eigenvalue weighted by Crippen LogP contribution is 2.30. The normalized spacial score (nSPS) is 25.1. The molecular weight excluding hydrogens is 208 g/mol. The number of hydrogen-bond donors (Lipinski definition) is 1. The van der Waals surface area contributed by atoms with Gasteiger partial charge in [0.15, 0.2) is 0 Å². The largest absolute Gasteiger partial charge is 0.310 e. The van der Waals surface area contributed by atoms with Crippen LogP contribution >= 0.6 is 0 Å². The van der Waals surface area contributed by atoms with E-state index in [9.17, 15) is 0 Å². The molecule has 1 heterocycles. The van der Waals surface area contributed by atoms with Crippen LogP contribution in [0.15, 0.2) is 24.5 Å². The zero-order valence-electron chi connectivity index (χ0n) is 11.0. The number of nitrogens with zero attached hydrogens (tertiary/aromatic N) is 1. The topological polar surface area (TPSA) is 24.9 Å². The molecule has 2 atom stereocenters. The van der Waals surface area contributed by atoms with E-state index in [0.717, 1.165) is 18.4 Å². The number of rotatable bonds is 4. The fourth-order valence-electron chi connectivity index (χ4n) is 2.96. The molecule has 1 aromatic heterocycles. The van der Waals surface area contributed by atoms with Crippen LogP contribution in [0.25, 0.3) is 0 Å². The Hall–Kier alpha value is -0.890. The molecule has 0 saturated heterocycles. The Morgan fingerprint density at radius 2 is 1.94 bits per heavy atom. The fourth-order valence-corrected chi connectivity index (χ4v) is 2.96. The molecule has 1 N–H and O–H groups in total. The van der Waals surface area contributed by atoms with Gasteiger partial charge in [-0.3, -0.25) is 4.98 Å². The van der Waals surface area contributed by atoms with Gasteiger partial charge in [0.25, 0.3) is 0 Å². The molecule has 2 nitrogen and oxygen atoms in total. The summed E-state index contributed by atoms with van der Waals surface area (Å²) < 4.78 is 0. The van der Waals surface area contributed by atoms with Gasteiger partial charge in [0.1, 0.15) is 0 Å². The van der Waals surface area contributed by atoms with Crippen molar-refractivity contribution in [2.75, 3.05) is 0 Å². The van der Waals surface area contributed by atoms with Gasteiger partial charge in [-0.05, 0) is 42.4 Å². The number of nitrogens with one attached hydrogen (secondary N) is 1. The predicted octanol–water partition coefficient (Wildman–Crippen LogP) is 3.39. The highest BCUT2D eigenvalue weighted by atomic mass is 14.9. The molecule has 1 saturated carbocycles. The first-order valence-electron chi connectivity index (χ1n) is 6.89. The Morgan fingerprint density at radius 1 is 1.24 bits per heavy atom. The number of pyridine rings is 1. The maximum Gasteiger partial charge on any atom is 0.0271 e. The van der Waals surface area contributed by atoms with Crippen molar-refractivity contribution in [2.24, 2.45) is 11.8 Å². The Bertz CT molecular complexity index is 321. The van der Waals surface area contributed by atoms with Crippen molar-refractivity contribution in [3.05, 3.63) is 30.1 Å². The van der Waals surface area contributed by atoms with Crippen molar-refractivity contribution >= 4 is 0 Å². The lowest BCUT2D eigenvalue weighted by molar-refractivity contribution is 0.204. The highest BCUT2D eigenvalue weighted by Gasteiger charge is 2.26. The highest BCUT2D eigenvalue weighted by molar-refractivity contribution is 5.09. The molecule has 2 unspecified atom stereocenters. The van der Waals surface area contributed by atoms with E-state index >= 15 is 0 Å². The van der Waals surface area contributed by atoms with Crippen LogP contribution in [0.3, 0.4) is 0 Å². The lowest BCUT2D eigenvalue weighted by atomic mass is 9.78. The average molecular weight is 232 g/mol. The van der Waals surface area contributed by atoms with Crippen molar-refractivity contribution in [3.63, 3.8) is 0 Å². The second-order valence-electron chi connectivity index (χ2n) is 5.54. The summed E-state index contributed by atoms with van der Waals surface area (Å²) in [6.45, 7) is 5.70. The molecule has 1 fully saturated rings. The molecule has 0 radical (unpaired) electrons.